The van der Waals surface area contributed by atoms with Crippen molar-refractivity contribution >= 4 is 11.8 Å². The summed E-state index contributed by atoms with van der Waals surface area (Å²) in [5.74, 6) is -2.41. The molecule has 18 heavy (non-hydrogen) atoms. The van der Waals surface area contributed by atoms with Crippen LogP contribution in [-0.4, -0.2) is 10.7 Å². The summed E-state index contributed by atoms with van der Waals surface area (Å²) < 4.78 is 24.3. The Kier molecular flexibility index (Phi) is 3.81. The SMILES string of the molecule is Cc1cc(-c2ccc(SC(F)F)cc2)c[nH]c1=O. The fraction of sp³-hybridized carbons (Fsp3) is 0.154. The van der Waals surface area contributed by atoms with Crippen molar-refractivity contribution in [3.05, 3.63) is 52.4 Å². The van der Waals surface area contributed by atoms with Crippen molar-refractivity contribution in [2.45, 2.75) is 17.6 Å². The molecule has 1 aromatic heterocycles. The first-order valence-corrected chi connectivity index (χ1v) is 6.19. The Labute approximate surface area is 107 Å². The van der Waals surface area contributed by atoms with E-state index >= 15 is 0 Å². The van der Waals surface area contributed by atoms with Crippen LogP contribution in [0, 0.1) is 6.92 Å². The third kappa shape index (κ3) is 2.98. The number of pyridine rings is 1. The smallest absolute Gasteiger partial charge is 0.288 e. The number of aryl methyl sites for hydroxylation is 1. The minimum absolute atomic E-state index is 0.122. The minimum atomic E-state index is -2.41. The largest absolute Gasteiger partial charge is 0.328 e. The van der Waals surface area contributed by atoms with Crippen molar-refractivity contribution in [1.29, 1.82) is 0 Å². The zero-order valence-corrected chi connectivity index (χ0v) is 10.4. The summed E-state index contributed by atoms with van der Waals surface area (Å²) >= 11 is 0.517. The van der Waals surface area contributed by atoms with Gasteiger partial charge < -0.3 is 4.98 Å². The van der Waals surface area contributed by atoms with Gasteiger partial charge in [-0.05, 0) is 36.2 Å². The third-order valence-electron chi connectivity index (χ3n) is 2.50. The molecule has 0 bridgehead atoms. The van der Waals surface area contributed by atoms with E-state index < -0.39 is 5.76 Å². The molecule has 5 heteroatoms. The fourth-order valence-corrected chi connectivity index (χ4v) is 2.09. The molecule has 94 valence electrons. The normalized spacial score (nSPS) is 10.9. The van der Waals surface area contributed by atoms with Crippen LogP contribution in [0.15, 0.2) is 46.2 Å². The highest BCUT2D eigenvalue weighted by molar-refractivity contribution is 7.99. The van der Waals surface area contributed by atoms with E-state index in [-0.39, 0.29) is 5.56 Å². The predicted octanol–water partition coefficient (Wildman–Crippen LogP) is 3.67. The average Bonchev–Trinajstić information content (AvgIpc) is 2.33. The third-order valence-corrected chi connectivity index (χ3v) is 3.22. The van der Waals surface area contributed by atoms with E-state index in [9.17, 15) is 13.6 Å². The number of alkyl halides is 2. The molecule has 2 aromatic rings. The Morgan fingerprint density at radius 1 is 1.17 bits per heavy atom. The maximum Gasteiger partial charge on any atom is 0.288 e. The van der Waals surface area contributed by atoms with E-state index in [0.29, 0.717) is 22.2 Å². The van der Waals surface area contributed by atoms with Gasteiger partial charge >= 0.3 is 0 Å². The molecular formula is C13H11F2NOS. The number of aromatic nitrogens is 1. The van der Waals surface area contributed by atoms with Crippen LogP contribution < -0.4 is 5.56 Å². The molecule has 0 saturated heterocycles. The predicted molar refractivity (Wildman–Crippen MR) is 69.1 cm³/mol. The van der Waals surface area contributed by atoms with Gasteiger partial charge in [0.1, 0.15) is 0 Å². The summed E-state index contributed by atoms with van der Waals surface area (Å²) in [4.78, 5) is 14.4. The molecule has 0 aliphatic carbocycles. The lowest BCUT2D eigenvalue weighted by Crippen LogP contribution is -2.07. The Morgan fingerprint density at radius 3 is 2.39 bits per heavy atom. The van der Waals surface area contributed by atoms with Crippen molar-refractivity contribution in [1.82, 2.24) is 4.98 Å². The number of rotatable bonds is 3. The van der Waals surface area contributed by atoms with Crippen LogP contribution in [0.25, 0.3) is 11.1 Å². The quantitative estimate of drug-likeness (QED) is 0.861. The van der Waals surface area contributed by atoms with Crippen molar-refractivity contribution in [2.24, 2.45) is 0 Å². The number of hydrogen-bond acceptors (Lipinski definition) is 2. The van der Waals surface area contributed by atoms with Crippen molar-refractivity contribution in [2.75, 3.05) is 0 Å². The first kappa shape index (κ1) is 12.8. The first-order chi connectivity index (χ1) is 8.56. The molecule has 0 saturated carbocycles. The van der Waals surface area contributed by atoms with E-state index in [0.717, 1.165) is 11.1 Å². The molecule has 0 spiro atoms. The van der Waals surface area contributed by atoms with E-state index in [1.165, 1.54) is 0 Å². The van der Waals surface area contributed by atoms with Crippen LogP contribution in [0.3, 0.4) is 0 Å². The number of aromatic amines is 1. The summed E-state index contributed by atoms with van der Waals surface area (Å²) in [6.45, 7) is 1.73. The molecule has 0 aliphatic heterocycles. The van der Waals surface area contributed by atoms with Gasteiger partial charge in [-0.3, -0.25) is 4.79 Å². The van der Waals surface area contributed by atoms with Gasteiger partial charge in [-0.1, -0.05) is 23.9 Å². The molecule has 0 radical (unpaired) electrons. The number of nitrogens with one attached hydrogen (secondary N) is 1. The van der Waals surface area contributed by atoms with Crippen molar-refractivity contribution in [3.8, 4) is 11.1 Å². The van der Waals surface area contributed by atoms with E-state index in [4.69, 9.17) is 0 Å². The lowest BCUT2D eigenvalue weighted by Gasteiger charge is -2.04. The molecule has 0 aliphatic rings. The lowest BCUT2D eigenvalue weighted by atomic mass is 10.1. The first-order valence-electron chi connectivity index (χ1n) is 5.31. The molecule has 1 heterocycles. The van der Waals surface area contributed by atoms with Gasteiger partial charge in [0.2, 0.25) is 0 Å². The second-order valence-electron chi connectivity index (χ2n) is 3.80. The summed E-state index contributed by atoms with van der Waals surface area (Å²) in [6.07, 6.45) is 1.62. The Morgan fingerprint density at radius 2 is 1.83 bits per heavy atom. The fourth-order valence-electron chi connectivity index (χ4n) is 1.59. The lowest BCUT2D eigenvalue weighted by molar-refractivity contribution is 0.252. The zero-order valence-electron chi connectivity index (χ0n) is 9.61. The van der Waals surface area contributed by atoms with Crippen molar-refractivity contribution < 1.29 is 8.78 Å². The highest BCUT2D eigenvalue weighted by Gasteiger charge is 2.05. The van der Waals surface area contributed by atoms with Crippen LogP contribution in [0.2, 0.25) is 0 Å². The zero-order chi connectivity index (χ0) is 13.1. The van der Waals surface area contributed by atoms with Crippen LogP contribution >= 0.6 is 11.8 Å². The molecule has 0 unspecified atom stereocenters. The van der Waals surface area contributed by atoms with Gasteiger partial charge in [0.15, 0.2) is 0 Å². The average molecular weight is 267 g/mol. The molecule has 0 atom stereocenters. The molecule has 0 fully saturated rings. The Balaban J connectivity index is 2.28. The molecular weight excluding hydrogens is 256 g/mol. The summed E-state index contributed by atoms with van der Waals surface area (Å²) in [6, 6.07) is 8.59. The molecule has 0 amide bonds. The molecule has 1 aromatic carbocycles. The second kappa shape index (κ2) is 5.35. The van der Waals surface area contributed by atoms with Crippen LogP contribution in [0.4, 0.5) is 8.78 Å². The number of halogens is 2. The maximum absolute atomic E-state index is 12.2. The van der Waals surface area contributed by atoms with Gasteiger partial charge in [0, 0.05) is 16.7 Å². The minimum Gasteiger partial charge on any atom is -0.328 e. The maximum atomic E-state index is 12.2. The topological polar surface area (TPSA) is 32.9 Å². The Bertz CT molecular complexity index is 593. The van der Waals surface area contributed by atoms with Crippen LogP contribution in [0.5, 0.6) is 0 Å². The number of H-pyrrole nitrogens is 1. The van der Waals surface area contributed by atoms with Gasteiger partial charge in [-0.15, -0.1) is 0 Å². The van der Waals surface area contributed by atoms with Crippen LogP contribution in [-0.2, 0) is 0 Å². The monoisotopic (exact) mass is 267 g/mol. The molecule has 2 rings (SSSR count). The van der Waals surface area contributed by atoms with E-state index in [2.05, 4.69) is 4.98 Å². The van der Waals surface area contributed by atoms with E-state index in [1.807, 2.05) is 0 Å². The standard InChI is InChI=1S/C13H11F2NOS/c1-8-6-10(7-16-12(8)17)9-2-4-11(5-3-9)18-13(14)15/h2-7,13H,1H3,(H,16,17). The molecule has 2 nitrogen and oxygen atoms in total. The Hall–Kier alpha value is -1.62. The number of benzene rings is 1. The summed E-state index contributed by atoms with van der Waals surface area (Å²) in [7, 11) is 0. The van der Waals surface area contributed by atoms with Gasteiger partial charge in [0.25, 0.3) is 11.3 Å². The van der Waals surface area contributed by atoms with E-state index in [1.54, 1.807) is 43.5 Å². The molecule has 1 N–H and O–H groups in total. The van der Waals surface area contributed by atoms with Crippen LogP contribution in [0.1, 0.15) is 5.56 Å². The highest BCUT2D eigenvalue weighted by Crippen LogP contribution is 2.27. The highest BCUT2D eigenvalue weighted by atomic mass is 32.2. The van der Waals surface area contributed by atoms with Gasteiger partial charge in [0.05, 0.1) is 0 Å². The summed E-state index contributed by atoms with van der Waals surface area (Å²) in [5, 5.41) is 0. The van der Waals surface area contributed by atoms with Crippen molar-refractivity contribution in [3.63, 3.8) is 0 Å². The van der Waals surface area contributed by atoms with Gasteiger partial charge in [-0.2, -0.15) is 8.78 Å². The number of hydrogen-bond donors (Lipinski definition) is 1. The second-order valence-corrected chi connectivity index (χ2v) is 4.87. The number of thioether (sulfide) groups is 1. The summed E-state index contributed by atoms with van der Waals surface area (Å²) in [5.41, 5.74) is 2.25. The van der Waals surface area contributed by atoms with Gasteiger partial charge in [-0.25, -0.2) is 0 Å².